The van der Waals surface area contributed by atoms with Crippen molar-refractivity contribution in [1.82, 2.24) is 9.88 Å². The molecule has 0 bridgehead atoms. The van der Waals surface area contributed by atoms with Crippen LogP contribution in [0.15, 0.2) is 30.5 Å². The number of halogens is 1. The number of rotatable bonds is 4. The van der Waals surface area contributed by atoms with Gasteiger partial charge in [0.15, 0.2) is 5.13 Å². The Morgan fingerprint density at radius 1 is 1.37 bits per heavy atom. The number of carbonyl (C=O) groups excluding carboxylic acids is 2. The van der Waals surface area contributed by atoms with Gasteiger partial charge < -0.3 is 16.0 Å². The maximum absolute atomic E-state index is 12.6. The zero-order valence-electron chi connectivity index (χ0n) is 14.0. The molecule has 3 amide bonds. The van der Waals surface area contributed by atoms with Crippen molar-refractivity contribution in [1.29, 1.82) is 0 Å². The fourth-order valence-corrected chi connectivity index (χ4v) is 3.84. The minimum atomic E-state index is -0.560. The van der Waals surface area contributed by atoms with Gasteiger partial charge in [-0.25, -0.2) is 9.78 Å². The molecule has 1 fully saturated rings. The van der Waals surface area contributed by atoms with E-state index in [1.807, 2.05) is 0 Å². The standard InChI is InChI=1S/C16H16ClN5O4S/c17-11-3-1-9(2-4-11)12-7-10(5-6-21(12)15(18)24)14(23)20-16-19-8-13(27-16)22(25)26/h1-4,8,10,12H,5-7H2,(H2,18,24)(H,19,20,23). The molecule has 9 nitrogen and oxygen atoms in total. The molecule has 2 unspecified atom stereocenters. The zero-order valence-corrected chi connectivity index (χ0v) is 15.6. The van der Waals surface area contributed by atoms with E-state index in [-0.39, 0.29) is 28.0 Å². The van der Waals surface area contributed by atoms with Gasteiger partial charge >= 0.3 is 11.0 Å². The molecule has 1 saturated heterocycles. The number of nitrogens with zero attached hydrogens (tertiary/aromatic N) is 3. The molecule has 1 aromatic heterocycles. The predicted octanol–water partition coefficient (Wildman–Crippen LogP) is 3.18. The molecule has 0 saturated carbocycles. The number of anilines is 1. The monoisotopic (exact) mass is 409 g/mol. The van der Waals surface area contributed by atoms with Crippen molar-refractivity contribution in [3.05, 3.63) is 51.2 Å². The summed E-state index contributed by atoms with van der Waals surface area (Å²) in [7, 11) is 0. The molecule has 142 valence electrons. The van der Waals surface area contributed by atoms with E-state index in [2.05, 4.69) is 10.3 Å². The van der Waals surface area contributed by atoms with Crippen molar-refractivity contribution in [3.8, 4) is 0 Å². The van der Waals surface area contributed by atoms with Crippen LogP contribution in [0.25, 0.3) is 0 Å². The van der Waals surface area contributed by atoms with E-state index in [4.69, 9.17) is 17.3 Å². The minimum absolute atomic E-state index is 0.145. The summed E-state index contributed by atoms with van der Waals surface area (Å²) in [5.41, 5.74) is 6.32. The minimum Gasteiger partial charge on any atom is -0.351 e. The zero-order chi connectivity index (χ0) is 19.6. The Labute approximate surface area is 163 Å². The Morgan fingerprint density at radius 3 is 2.67 bits per heavy atom. The Hall–Kier alpha value is -2.72. The summed E-state index contributed by atoms with van der Waals surface area (Å²) in [6, 6.07) is 6.13. The van der Waals surface area contributed by atoms with Crippen molar-refractivity contribution in [2.24, 2.45) is 11.7 Å². The molecule has 2 atom stereocenters. The van der Waals surface area contributed by atoms with E-state index >= 15 is 0 Å². The second-order valence-electron chi connectivity index (χ2n) is 6.07. The van der Waals surface area contributed by atoms with E-state index in [9.17, 15) is 19.7 Å². The van der Waals surface area contributed by atoms with E-state index < -0.39 is 11.0 Å². The van der Waals surface area contributed by atoms with Crippen LogP contribution in [0.2, 0.25) is 5.02 Å². The van der Waals surface area contributed by atoms with Crippen LogP contribution in [0, 0.1) is 16.0 Å². The van der Waals surface area contributed by atoms with Crippen LogP contribution >= 0.6 is 22.9 Å². The molecule has 1 aliphatic rings. The summed E-state index contributed by atoms with van der Waals surface area (Å²) >= 11 is 6.72. The number of nitrogens with two attached hydrogens (primary N) is 1. The quantitative estimate of drug-likeness (QED) is 0.591. The third-order valence-corrected chi connectivity index (χ3v) is 5.53. The maximum atomic E-state index is 12.6. The van der Waals surface area contributed by atoms with Crippen LogP contribution in [-0.4, -0.2) is 33.3 Å². The molecule has 11 heteroatoms. The molecule has 2 heterocycles. The van der Waals surface area contributed by atoms with Crippen molar-refractivity contribution in [3.63, 3.8) is 0 Å². The number of carbonyl (C=O) groups is 2. The summed E-state index contributed by atoms with van der Waals surface area (Å²) < 4.78 is 0. The fraction of sp³-hybridized carbons (Fsp3) is 0.312. The van der Waals surface area contributed by atoms with Crippen LogP contribution in [0.3, 0.4) is 0 Å². The van der Waals surface area contributed by atoms with Gasteiger partial charge in [-0.15, -0.1) is 0 Å². The highest BCUT2D eigenvalue weighted by Crippen LogP contribution is 2.35. The normalized spacial score (nSPS) is 19.5. The highest BCUT2D eigenvalue weighted by molar-refractivity contribution is 7.18. The molecular weight excluding hydrogens is 394 g/mol. The smallest absolute Gasteiger partial charge is 0.345 e. The summed E-state index contributed by atoms with van der Waals surface area (Å²) in [5, 5.41) is 13.9. The molecule has 0 aliphatic carbocycles. The number of aromatic nitrogens is 1. The summed E-state index contributed by atoms with van der Waals surface area (Å²) in [5.74, 6) is -0.674. The molecule has 3 N–H and O–H groups in total. The highest BCUT2D eigenvalue weighted by atomic mass is 35.5. The summed E-state index contributed by atoms with van der Waals surface area (Å²) in [6.07, 6.45) is 1.92. The first-order chi connectivity index (χ1) is 12.8. The third kappa shape index (κ3) is 4.34. The number of nitro groups is 1. The van der Waals surface area contributed by atoms with Crippen molar-refractivity contribution in [2.45, 2.75) is 18.9 Å². The first-order valence-corrected chi connectivity index (χ1v) is 9.27. The van der Waals surface area contributed by atoms with Gasteiger partial charge in [0.1, 0.15) is 6.20 Å². The van der Waals surface area contributed by atoms with Crippen LogP contribution in [0.4, 0.5) is 14.9 Å². The van der Waals surface area contributed by atoms with Gasteiger partial charge in [-0.05, 0) is 41.9 Å². The average Bonchev–Trinajstić information content (AvgIpc) is 3.10. The van der Waals surface area contributed by atoms with Gasteiger partial charge in [0.25, 0.3) is 0 Å². The van der Waals surface area contributed by atoms with Crippen molar-refractivity contribution < 1.29 is 14.5 Å². The Balaban J connectivity index is 1.74. The van der Waals surface area contributed by atoms with Gasteiger partial charge in [-0.3, -0.25) is 14.9 Å². The van der Waals surface area contributed by atoms with Crippen LogP contribution in [-0.2, 0) is 4.79 Å². The van der Waals surface area contributed by atoms with E-state index in [0.29, 0.717) is 24.4 Å². The highest BCUT2D eigenvalue weighted by Gasteiger charge is 2.35. The largest absolute Gasteiger partial charge is 0.351 e. The fourth-order valence-electron chi connectivity index (χ4n) is 3.08. The van der Waals surface area contributed by atoms with Gasteiger partial charge in [0.05, 0.1) is 11.0 Å². The Morgan fingerprint density at radius 2 is 2.07 bits per heavy atom. The van der Waals surface area contributed by atoms with E-state index in [1.165, 1.54) is 4.90 Å². The number of urea groups is 1. The Kier molecular flexibility index (Phi) is 5.57. The number of hydrogen-bond acceptors (Lipinski definition) is 6. The molecule has 1 aromatic carbocycles. The number of thiazole rings is 1. The van der Waals surface area contributed by atoms with E-state index in [1.54, 1.807) is 24.3 Å². The van der Waals surface area contributed by atoms with Gasteiger partial charge in [0.2, 0.25) is 5.91 Å². The lowest BCUT2D eigenvalue weighted by atomic mass is 9.86. The van der Waals surface area contributed by atoms with Crippen molar-refractivity contribution in [2.75, 3.05) is 11.9 Å². The van der Waals surface area contributed by atoms with Crippen molar-refractivity contribution >= 4 is 45.0 Å². The number of primary amides is 1. The Bertz CT molecular complexity index is 872. The molecular formula is C16H16ClN5O4S. The molecule has 2 aromatic rings. The first kappa shape index (κ1) is 19.1. The summed E-state index contributed by atoms with van der Waals surface area (Å²) in [6.45, 7) is 0.332. The molecule has 3 rings (SSSR count). The molecule has 0 spiro atoms. The number of likely N-dealkylation sites (tertiary alicyclic amines) is 1. The number of amides is 3. The van der Waals surface area contributed by atoms with E-state index in [0.717, 1.165) is 23.1 Å². The average molecular weight is 410 g/mol. The number of piperidine rings is 1. The topological polar surface area (TPSA) is 131 Å². The lowest BCUT2D eigenvalue weighted by molar-refractivity contribution is -0.380. The van der Waals surface area contributed by atoms with Gasteiger partial charge in [-0.1, -0.05) is 23.7 Å². The lowest BCUT2D eigenvalue weighted by Crippen LogP contribution is -2.45. The second-order valence-corrected chi connectivity index (χ2v) is 7.52. The second kappa shape index (κ2) is 7.89. The van der Waals surface area contributed by atoms with Crippen LogP contribution in [0.1, 0.15) is 24.4 Å². The SMILES string of the molecule is NC(=O)N1CCC(C(=O)Nc2ncc([N+](=O)[O-])s2)CC1c1ccc(Cl)cc1. The third-order valence-electron chi connectivity index (χ3n) is 4.41. The number of hydrogen-bond donors (Lipinski definition) is 2. The van der Waals surface area contributed by atoms with Gasteiger partial charge in [-0.2, -0.15) is 0 Å². The lowest BCUT2D eigenvalue weighted by Gasteiger charge is -2.38. The molecule has 1 aliphatic heterocycles. The summed E-state index contributed by atoms with van der Waals surface area (Å²) in [4.78, 5) is 39.9. The predicted molar refractivity (Wildman–Crippen MR) is 101 cm³/mol. The molecule has 0 radical (unpaired) electrons. The van der Waals surface area contributed by atoms with Gasteiger partial charge in [0, 0.05) is 17.5 Å². The van der Waals surface area contributed by atoms with Crippen LogP contribution < -0.4 is 11.1 Å². The number of nitrogens with one attached hydrogen (secondary N) is 1. The van der Waals surface area contributed by atoms with Crippen LogP contribution in [0.5, 0.6) is 0 Å². The number of benzene rings is 1. The maximum Gasteiger partial charge on any atom is 0.345 e. The first-order valence-electron chi connectivity index (χ1n) is 8.07. The molecule has 27 heavy (non-hydrogen) atoms.